The number of nitrogens with zero attached hydrogens (tertiary/aromatic N) is 1. The van der Waals surface area contributed by atoms with Crippen LogP contribution in [0.5, 0.6) is 0 Å². The Balaban J connectivity index is 2.29. The summed E-state index contributed by atoms with van der Waals surface area (Å²) in [5.74, 6) is 0. The van der Waals surface area contributed by atoms with Gasteiger partial charge in [-0.1, -0.05) is 6.07 Å². The van der Waals surface area contributed by atoms with Crippen LogP contribution in [0.25, 0.3) is 0 Å². The van der Waals surface area contributed by atoms with Gasteiger partial charge in [-0.05, 0) is 29.7 Å². The molecule has 0 atom stereocenters. The van der Waals surface area contributed by atoms with Crippen molar-refractivity contribution in [1.82, 2.24) is 4.90 Å². The minimum atomic E-state index is -4.35. The summed E-state index contributed by atoms with van der Waals surface area (Å²) in [4.78, 5) is 11.9. The van der Waals surface area contributed by atoms with Crippen LogP contribution in [0.15, 0.2) is 18.2 Å². The predicted octanol–water partition coefficient (Wildman–Crippen LogP) is 2.74. The number of halogens is 3. The van der Waals surface area contributed by atoms with Crippen molar-refractivity contribution >= 4 is 6.09 Å². The third kappa shape index (κ3) is 2.35. The molecule has 2 rings (SSSR count). The SMILES string of the molecule is O=C(O)N1CCc2cc(C(F)(F)F)ccc2C1. The number of benzene rings is 1. The molecule has 6 heteroatoms. The first-order chi connectivity index (χ1) is 7.88. The van der Waals surface area contributed by atoms with Gasteiger partial charge in [0.05, 0.1) is 5.56 Å². The molecule has 0 fully saturated rings. The first kappa shape index (κ1) is 11.8. The van der Waals surface area contributed by atoms with Crippen molar-refractivity contribution in [2.45, 2.75) is 19.1 Å². The fourth-order valence-electron chi connectivity index (χ4n) is 1.89. The van der Waals surface area contributed by atoms with Crippen molar-refractivity contribution in [3.8, 4) is 0 Å². The predicted molar refractivity (Wildman–Crippen MR) is 53.6 cm³/mol. The maximum atomic E-state index is 12.5. The average Bonchev–Trinajstić information content (AvgIpc) is 2.26. The summed E-state index contributed by atoms with van der Waals surface area (Å²) in [6.07, 6.45) is -5.07. The standard InChI is InChI=1S/C11H10F3NO2/c12-11(13,14)9-2-1-8-6-15(10(16)17)4-3-7(8)5-9/h1-2,5H,3-4,6H2,(H,16,17). The van der Waals surface area contributed by atoms with Gasteiger partial charge in [-0.3, -0.25) is 0 Å². The first-order valence-corrected chi connectivity index (χ1v) is 5.05. The van der Waals surface area contributed by atoms with Crippen molar-refractivity contribution in [3.63, 3.8) is 0 Å². The van der Waals surface area contributed by atoms with Crippen molar-refractivity contribution < 1.29 is 23.1 Å². The molecule has 0 aliphatic carbocycles. The van der Waals surface area contributed by atoms with E-state index in [0.29, 0.717) is 17.5 Å². The van der Waals surface area contributed by atoms with Crippen molar-refractivity contribution in [2.75, 3.05) is 6.54 Å². The molecule has 0 radical (unpaired) electrons. The smallest absolute Gasteiger partial charge is 0.416 e. The lowest BCUT2D eigenvalue weighted by Crippen LogP contribution is -2.34. The quantitative estimate of drug-likeness (QED) is 0.763. The summed E-state index contributed by atoms with van der Waals surface area (Å²) in [5, 5.41) is 8.79. The van der Waals surface area contributed by atoms with Gasteiger partial charge in [-0.2, -0.15) is 13.2 Å². The maximum absolute atomic E-state index is 12.5. The van der Waals surface area contributed by atoms with E-state index < -0.39 is 17.8 Å². The highest BCUT2D eigenvalue weighted by Crippen LogP contribution is 2.32. The lowest BCUT2D eigenvalue weighted by molar-refractivity contribution is -0.137. The Morgan fingerprint density at radius 2 is 2.00 bits per heavy atom. The zero-order valence-electron chi connectivity index (χ0n) is 8.79. The number of hydrogen-bond acceptors (Lipinski definition) is 1. The number of carbonyl (C=O) groups is 1. The summed E-state index contributed by atoms with van der Waals surface area (Å²) in [7, 11) is 0. The van der Waals surface area contributed by atoms with Crippen molar-refractivity contribution in [2.24, 2.45) is 0 Å². The van der Waals surface area contributed by atoms with Gasteiger partial charge >= 0.3 is 12.3 Å². The van der Waals surface area contributed by atoms with Crippen LogP contribution in [0, 0.1) is 0 Å². The van der Waals surface area contributed by atoms with Gasteiger partial charge in [0.2, 0.25) is 0 Å². The van der Waals surface area contributed by atoms with E-state index in [4.69, 9.17) is 5.11 Å². The molecule has 1 heterocycles. The van der Waals surface area contributed by atoms with Crippen molar-refractivity contribution in [3.05, 3.63) is 34.9 Å². The van der Waals surface area contributed by atoms with E-state index >= 15 is 0 Å². The van der Waals surface area contributed by atoms with Gasteiger partial charge in [-0.15, -0.1) is 0 Å². The highest BCUT2D eigenvalue weighted by molar-refractivity contribution is 5.65. The van der Waals surface area contributed by atoms with Crippen LogP contribution >= 0.6 is 0 Å². The van der Waals surface area contributed by atoms with Crippen LogP contribution in [0.1, 0.15) is 16.7 Å². The van der Waals surface area contributed by atoms with Crippen LogP contribution in [0.4, 0.5) is 18.0 Å². The van der Waals surface area contributed by atoms with Crippen LogP contribution < -0.4 is 0 Å². The van der Waals surface area contributed by atoms with Gasteiger partial charge < -0.3 is 10.0 Å². The number of hydrogen-bond donors (Lipinski definition) is 1. The zero-order chi connectivity index (χ0) is 12.6. The molecule has 1 aromatic carbocycles. The summed E-state index contributed by atoms with van der Waals surface area (Å²) in [6.45, 7) is 0.395. The maximum Gasteiger partial charge on any atom is 0.416 e. The second-order valence-corrected chi connectivity index (χ2v) is 3.94. The van der Waals surface area contributed by atoms with Gasteiger partial charge in [0.15, 0.2) is 0 Å². The monoisotopic (exact) mass is 245 g/mol. The lowest BCUT2D eigenvalue weighted by atomic mass is 9.97. The molecule has 0 spiro atoms. The molecule has 3 nitrogen and oxygen atoms in total. The highest BCUT2D eigenvalue weighted by Gasteiger charge is 2.31. The Kier molecular flexibility index (Phi) is 2.73. The molecular formula is C11H10F3NO2. The van der Waals surface area contributed by atoms with Gasteiger partial charge in [0.1, 0.15) is 0 Å². The van der Waals surface area contributed by atoms with Crippen LogP contribution in [-0.2, 0) is 19.1 Å². The molecule has 0 saturated carbocycles. The molecule has 0 bridgehead atoms. The van der Waals surface area contributed by atoms with Crippen LogP contribution in [-0.4, -0.2) is 22.6 Å². The normalized spacial score (nSPS) is 15.6. The number of amides is 1. The molecule has 1 aliphatic rings. The van der Waals surface area contributed by atoms with E-state index in [9.17, 15) is 18.0 Å². The molecule has 1 aromatic rings. The molecule has 1 aliphatic heterocycles. The second kappa shape index (κ2) is 3.94. The van der Waals surface area contributed by atoms with E-state index in [-0.39, 0.29) is 13.1 Å². The summed E-state index contributed by atoms with van der Waals surface area (Å²) in [5.41, 5.74) is 0.545. The Hall–Kier alpha value is -1.72. The molecule has 17 heavy (non-hydrogen) atoms. The molecule has 0 unspecified atom stereocenters. The minimum Gasteiger partial charge on any atom is -0.465 e. The summed E-state index contributed by atoms with van der Waals surface area (Å²) >= 11 is 0. The molecule has 0 aromatic heterocycles. The highest BCUT2D eigenvalue weighted by atomic mass is 19.4. The minimum absolute atomic E-state index is 0.156. The Bertz CT molecular complexity index is 457. The first-order valence-electron chi connectivity index (χ1n) is 5.05. The number of alkyl halides is 3. The van der Waals surface area contributed by atoms with Crippen LogP contribution in [0.3, 0.4) is 0 Å². The zero-order valence-corrected chi connectivity index (χ0v) is 8.79. The second-order valence-electron chi connectivity index (χ2n) is 3.94. The molecule has 1 amide bonds. The summed E-state index contributed by atoms with van der Waals surface area (Å²) < 4.78 is 37.4. The topological polar surface area (TPSA) is 40.5 Å². The van der Waals surface area contributed by atoms with Crippen molar-refractivity contribution in [1.29, 1.82) is 0 Å². The number of rotatable bonds is 0. The molecular weight excluding hydrogens is 235 g/mol. The number of carboxylic acid groups (broad SMARTS) is 1. The lowest BCUT2D eigenvalue weighted by Gasteiger charge is -2.26. The van der Waals surface area contributed by atoms with E-state index in [1.165, 1.54) is 11.0 Å². The van der Waals surface area contributed by atoms with Gasteiger partial charge in [0, 0.05) is 13.1 Å². The largest absolute Gasteiger partial charge is 0.465 e. The average molecular weight is 245 g/mol. The Labute approximate surface area is 95.5 Å². The molecule has 0 saturated heterocycles. The molecule has 92 valence electrons. The van der Waals surface area contributed by atoms with E-state index in [0.717, 1.165) is 12.1 Å². The number of fused-ring (bicyclic) bond motifs is 1. The summed E-state index contributed by atoms with van der Waals surface area (Å²) in [6, 6.07) is 3.45. The molecule has 1 N–H and O–H groups in total. The fourth-order valence-corrected chi connectivity index (χ4v) is 1.89. The van der Waals surface area contributed by atoms with E-state index in [1.54, 1.807) is 0 Å². The third-order valence-corrected chi connectivity index (χ3v) is 2.82. The van der Waals surface area contributed by atoms with E-state index in [1.807, 2.05) is 0 Å². The fraction of sp³-hybridized carbons (Fsp3) is 0.364. The van der Waals surface area contributed by atoms with Gasteiger partial charge in [0.25, 0.3) is 0 Å². The van der Waals surface area contributed by atoms with Crippen LogP contribution in [0.2, 0.25) is 0 Å². The van der Waals surface area contributed by atoms with Gasteiger partial charge in [-0.25, -0.2) is 4.79 Å². The Morgan fingerprint density at radius 3 is 2.59 bits per heavy atom. The Morgan fingerprint density at radius 1 is 1.29 bits per heavy atom. The third-order valence-electron chi connectivity index (χ3n) is 2.82. The van der Waals surface area contributed by atoms with E-state index in [2.05, 4.69) is 0 Å².